The lowest BCUT2D eigenvalue weighted by Gasteiger charge is -2.35. The summed E-state index contributed by atoms with van der Waals surface area (Å²) < 4.78 is 6.94. The fraction of sp³-hybridized carbons (Fsp3) is 0.647. The van der Waals surface area contributed by atoms with Crippen molar-refractivity contribution in [3.8, 4) is 5.75 Å². The van der Waals surface area contributed by atoms with Crippen LogP contribution in [0.15, 0.2) is 28.7 Å². The first-order valence-corrected chi connectivity index (χ1v) is 8.92. The third-order valence-electron chi connectivity index (χ3n) is 4.00. The molecule has 0 aromatic heterocycles. The maximum atomic E-state index is 5.87. The zero-order valence-electron chi connectivity index (χ0n) is 13.0. The second kappa shape index (κ2) is 9.44. The van der Waals surface area contributed by atoms with E-state index in [0.29, 0.717) is 6.04 Å². The van der Waals surface area contributed by atoms with Crippen LogP contribution in [0, 0.1) is 0 Å². The third kappa shape index (κ3) is 5.97. The summed E-state index contributed by atoms with van der Waals surface area (Å²) in [4.78, 5) is 2.59. The molecule has 1 aromatic rings. The van der Waals surface area contributed by atoms with Gasteiger partial charge in [-0.15, -0.1) is 0 Å². The van der Waals surface area contributed by atoms with Crippen molar-refractivity contribution in [1.29, 1.82) is 0 Å². The molecule has 1 N–H and O–H groups in total. The Hall–Kier alpha value is -0.580. The van der Waals surface area contributed by atoms with Crippen LogP contribution in [-0.2, 0) is 0 Å². The molecular formula is C17H27BrN2O. The molecule has 1 heterocycles. The minimum Gasteiger partial charge on any atom is -0.492 e. The smallest absolute Gasteiger partial charge is 0.120 e. The maximum Gasteiger partial charge on any atom is 0.120 e. The standard InChI is InChI=1S/C17H27BrN2O/c1-2-9-19-14-16-7-3-4-10-20(16)11-12-21-17-8-5-6-15(18)13-17/h5-6,8,13,16,19H,2-4,7,9-12,14H2,1H3. The molecule has 1 aliphatic heterocycles. The van der Waals surface area contributed by atoms with Crippen LogP contribution in [0.5, 0.6) is 5.75 Å². The van der Waals surface area contributed by atoms with Crippen LogP contribution in [-0.4, -0.2) is 43.7 Å². The van der Waals surface area contributed by atoms with Crippen molar-refractivity contribution in [1.82, 2.24) is 10.2 Å². The minimum absolute atomic E-state index is 0.677. The number of rotatable bonds is 8. The van der Waals surface area contributed by atoms with Crippen molar-refractivity contribution >= 4 is 15.9 Å². The average Bonchev–Trinajstić information content (AvgIpc) is 2.49. The summed E-state index contributed by atoms with van der Waals surface area (Å²) >= 11 is 3.48. The molecule has 1 atom stereocenters. The molecule has 1 saturated heterocycles. The zero-order chi connectivity index (χ0) is 14.9. The van der Waals surface area contributed by atoms with Gasteiger partial charge in [0.2, 0.25) is 0 Å². The van der Waals surface area contributed by atoms with Crippen molar-refractivity contribution in [3.05, 3.63) is 28.7 Å². The van der Waals surface area contributed by atoms with Crippen molar-refractivity contribution < 1.29 is 4.74 Å². The number of halogens is 1. The second-order valence-corrected chi connectivity index (χ2v) is 6.61. The van der Waals surface area contributed by atoms with Gasteiger partial charge in [-0.25, -0.2) is 0 Å². The number of nitrogens with zero attached hydrogens (tertiary/aromatic N) is 1. The summed E-state index contributed by atoms with van der Waals surface area (Å²) in [7, 11) is 0. The molecule has 0 spiro atoms. The third-order valence-corrected chi connectivity index (χ3v) is 4.49. The van der Waals surface area contributed by atoms with E-state index in [9.17, 15) is 0 Å². The molecule has 0 radical (unpaired) electrons. The fourth-order valence-corrected chi connectivity index (χ4v) is 3.25. The molecule has 0 bridgehead atoms. The van der Waals surface area contributed by atoms with Crippen molar-refractivity contribution in [2.24, 2.45) is 0 Å². The van der Waals surface area contributed by atoms with Gasteiger partial charge in [0.15, 0.2) is 0 Å². The summed E-state index contributed by atoms with van der Waals surface area (Å²) in [6.45, 7) is 7.45. The van der Waals surface area contributed by atoms with Crippen LogP contribution in [0.1, 0.15) is 32.6 Å². The fourth-order valence-electron chi connectivity index (χ4n) is 2.87. The van der Waals surface area contributed by atoms with Gasteiger partial charge in [0.1, 0.15) is 12.4 Å². The summed E-state index contributed by atoms with van der Waals surface area (Å²) in [5, 5.41) is 3.56. The van der Waals surface area contributed by atoms with Crippen LogP contribution in [0.3, 0.4) is 0 Å². The number of hydrogen-bond acceptors (Lipinski definition) is 3. The highest BCUT2D eigenvalue weighted by molar-refractivity contribution is 9.10. The summed E-state index contributed by atoms with van der Waals surface area (Å²) in [6, 6.07) is 8.75. The first kappa shape index (κ1) is 16.8. The van der Waals surface area contributed by atoms with E-state index < -0.39 is 0 Å². The number of hydrogen-bond donors (Lipinski definition) is 1. The molecule has 0 amide bonds. The van der Waals surface area contributed by atoms with E-state index >= 15 is 0 Å². The highest BCUT2D eigenvalue weighted by Crippen LogP contribution is 2.19. The van der Waals surface area contributed by atoms with Gasteiger partial charge in [0.05, 0.1) is 0 Å². The summed E-state index contributed by atoms with van der Waals surface area (Å²) in [6.07, 6.45) is 5.20. The van der Waals surface area contributed by atoms with Gasteiger partial charge in [-0.2, -0.15) is 0 Å². The quantitative estimate of drug-likeness (QED) is 0.720. The molecule has 0 aliphatic carbocycles. The first-order valence-electron chi connectivity index (χ1n) is 8.12. The molecule has 4 heteroatoms. The number of piperidine rings is 1. The Morgan fingerprint density at radius 3 is 3.10 bits per heavy atom. The topological polar surface area (TPSA) is 24.5 Å². The number of likely N-dealkylation sites (tertiary alicyclic amines) is 1. The highest BCUT2D eigenvalue weighted by atomic mass is 79.9. The molecule has 21 heavy (non-hydrogen) atoms. The van der Waals surface area contributed by atoms with Gasteiger partial charge in [-0.3, -0.25) is 4.90 Å². The predicted octanol–water partition coefficient (Wildman–Crippen LogP) is 3.68. The summed E-state index contributed by atoms with van der Waals surface area (Å²) in [5.74, 6) is 0.946. The van der Waals surface area contributed by atoms with E-state index in [0.717, 1.165) is 36.5 Å². The molecule has 1 fully saturated rings. The maximum absolute atomic E-state index is 5.87. The number of nitrogens with one attached hydrogen (secondary N) is 1. The average molecular weight is 355 g/mol. The van der Waals surface area contributed by atoms with Crippen LogP contribution < -0.4 is 10.1 Å². The van der Waals surface area contributed by atoms with Crippen LogP contribution in [0.25, 0.3) is 0 Å². The molecular weight excluding hydrogens is 328 g/mol. The predicted molar refractivity (Wildman–Crippen MR) is 92.0 cm³/mol. The lowest BCUT2D eigenvalue weighted by Crippen LogP contribution is -2.47. The van der Waals surface area contributed by atoms with Gasteiger partial charge in [-0.1, -0.05) is 35.3 Å². The molecule has 1 unspecified atom stereocenters. The van der Waals surface area contributed by atoms with Gasteiger partial charge < -0.3 is 10.1 Å². The molecule has 2 rings (SSSR count). The monoisotopic (exact) mass is 354 g/mol. The van der Waals surface area contributed by atoms with Gasteiger partial charge in [0.25, 0.3) is 0 Å². The van der Waals surface area contributed by atoms with E-state index in [1.165, 1.54) is 32.2 Å². The van der Waals surface area contributed by atoms with E-state index in [4.69, 9.17) is 4.74 Å². The summed E-state index contributed by atoms with van der Waals surface area (Å²) in [5.41, 5.74) is 0. The Balaban J connectivity index is 1.74. The number of benzene rings is 1. The van der Waals surface area contributed by atoms with E-state index in [1.807, 2.05) is 24.3 Å². The Morgan fingerprint density at radius 2 is 2.29 bits per heavy atom. The molecule has 0 saturated carbocycles. The highest BCUT2D eigenvalue weighted by Gasteiger charge is 2.21. The molecule has 1 aliphatic rings. The zero-order valence-corrected chi connectivity index (χ0v) is 14.6. The SMILES string of the molecule is CCCNCC1CCCCN1CCOc1cccc(Br)c1. The molecule has 3 nitrogen and oxygen atoms in total. The Kier molecular flexibility index (Phi) is 7.54. The largest absolute Gasteiger partial charge is 0.492 e. The van der Waals surface area contributed by atoms with E-state index in [-0.39, 0.29) is 0 Å². The van der Waals surface area contributed by atoms with Crippen molar-refractivity contribution in [2.75, 3.05) is 32.8 Å². The minimum atomic E-state index is 0.677. The van der Waals surface area contributed by atoms with Gasteiger partial charge in [0, 0.05) is 23.6 Å². The van der Waals surface area contributed by atoms with Gasteiger partial charge in [-0.05, 0) is 50.6 Å². The lowest BCUT2D eigenvalue weighted by molar-refractivity contribution is 0.121. The van der Waals surface area contributed by atoms with Crippen LogP contribution >= 0.6 is 15.9 Å². The lowest BCUT2D eigenvalue weighted by atomic mass is 10.0. The Bertz CT molecular complexity index is 414. The van der Waals surface area contributed by atoms with E-state index in [1.54, 1.807) is 0 Å². The van der Waals surface area contributed by atoms with Crippen LogP contribution in [0.2, 0.25) is 0 Å². The molecule has 118 valence electrons. The van der Waals surface area contributed by atoms with Crippen molar-refractivity contribution in [2.45, 2.75) is 38.6 Å². The first-order chi connectivity index (χ1) is 10.3. The second-order valence-electron chi connectivity index (χ2n) is 5.70. The van der Waals surface area contributed by atoms with E-state index in [2.05, 4.69) is 33.1 Å². The normalized spacial score (nSPS) is 19.6. The van der Waals surface area contributed by atoms with Crippen LogP contribution in [0.4, 0.5) is 0 Å². The Morgan fingerprint density at radius 1 is 1.38 bits per heavy atom. The van der Waals surface area contributed by atoms with Crippen molar-refractivity contribution in [3.63, 3.8) is 0 Å². The number of ether oxygens (including phenoxy) is 1. The molecule has 1 aromatic carbocycles. The Labute approximate surface area is 137 Å². The van der Waals surface area contributed by atoms with Gasteiger partial charge >= 0.3 is 0 Å².